The third kappa shape index (κ3) is 4.05. The first-order valence-corrected chi connectivity index (χ1v) is 22.9. The van der Waals surface area contributed by atoms with E-state index in [-0.39, 0.29) is 10.8 Å². The molecule has 8 saturated carbocycles. The van der Waals surface area contributed by atoms with Crippen molar-refractivity contribution in [1.82, 2.24) is 0 Å². The molecular weight excluding hydrogens is 701 g/mol. The lowest BCUT2D eigenvalue weighted by atomic mass is 9.41. The van der Waals surface area contributed by atoms with E-state index in [1.54, 1.807) is 22.3 Å². The predicted octanol–water partition coefficient (Wildman–Crippen LogP) is 14.4. The van der Waals surface area contributed by atoms with Crippen molar-refractivity contribution in [3.8, 4) is 11.1 Å². The molecule has 0 amide bonds. The van der Waals surface area contributed by atoms with Crippen LogP contribution >= 0.6 is 0 Å². The van der Waals surface area contributed by atoms with E-state index < -0.39 is 0 Å². The summed E-state index contributed by atoms with van der Waals surface area (Å²) in [6.07, 6.45) is 14.1. The van der Waals surface area contributed by atoms with Gasteiger partial charge in [-0.1, -0.05) is 109 Å². The molecule has 6 aromatic rings. The largest absolute Gasteiger partial charge is 0.309 e. The summed E-state index contributed by atoms with van der Waals surface area (Å²) in [5, 5.41) is 0. The summed E-state index contributed by atoms with van der Waals surface area (Å²) in [6, 6.07) is 57.0. The second-order valence-corrected chi connectivity index (χ2v) is 20.1. The van der Waals surface area contributed by atoms with E-state index in [9.17, 15) is 0 Å². The van der Waals surface area contributed by atoms with E-state index in [1.807, 2.05) is 0 Å². The monoisotopic (exact) mass is 752 g/mol. The molecule has 8 bridgehead atoms. The molecular formula is C56H52N2. The maximum Gasteiger partial charge on any atom is 0.0541 e. The van der Waals surface area contributed by atoms with Gasteiger partial charge in [-0.3, -0.25) is 0 Å². The molecule has 0 N–H and O–H groups in total. The van der Waals surface area contributed by atoms with Crippen LogP contribution in [0.1, 0.15) is 86.5 Å². The summed E-state index contributed by atoms with van der Waals surface area (Å²) >= 11 is 0. The molecule has 10 aliphatic rings. The van der Waals surface area contributed by atoms with Crippen LogP contribution in [0.3, 0.4) is 0 Å². The number of hydrogen-bond donors (Lipinski definition) is 0. The lowest BCUT2D eigenvalue weighted by Crippen LogP contribution is -2.57. The Hall–Kier alpha value is -5.08. The van der Waals surface area contributed by atoms with Crippen LogP contribution in [0.15, 0.2) is 146 Å². The highest BCUT2D eigenvalue weighted by Crippen LogP contribution is 2.71. The maximum absolute atomic E-state index is 2.66. The summed E-state index contributed by atoms with van der Waals surface area (Å²) in [4.78, 5) is 5.32. The fraction of sp³-hybridized carbons (Fsp3) is 0.357. The Balaban J connectivity index is 0.964. The Kier molecular flexibility index (Phi) is 6.67. The van der Waals surface area contributed by atoms with Crippen molar-refractivity contribution < 1.29 is 0 Å². The van der Waals surface area contributed by atoms with Crippen molar-refractivity contribution in [3.05, 3.63) is 168 Å². The van der Waals surface area contributed by atoms with E-state index in [0.29, 0.717) is 0 Å². The molecule has 2 heteroatoms. The van der Waals surface area contributed by atoms with Crippen LogP contribution in [0.2, 0.25) is 0 Å². The van der Waals surface area contributed by atoms with Crippen LogP contribution in [0.5, 0.6) is 0 Å². The fourth-order valence-corrected chi connectivity index (χ4v) is 16.5. The lowest BCUT2D eigenvalue weighted by Gasteiger charge is -2.64. The number of nitrogens with zero attached hydrogens (tertiary/aromatic N) is 2. The quantitative estimate of drug-likeness (QED) is 0.178. The summed E-state index contributed by atoms with van der Waals surface area (Å²) < 4.78 is 0. The first-order valence-electron chi connectivity index (χ1n) is 22.9. The fourth-order valence-electron chi connectivity index (χ4n) is 16.5. The van der Waals surface area contributed by atoms with Crippen LogP contribution in [0, 0.1) is 47.3 Å². The topological polar surface area (TPSA) is 6.48 Å². The van der Waals surface area contributed by atoms with Crippen molar-refractivity contribution in [1.29, 1.82) is 0 Å². The molecule has 286 valence electrons. The van der Waals surface area contributed by atoms with E-state index in [1.165, 1.54) is 109 Å². The number of anilines is 6. The van der Waals surface area contributed by atoms with Gasteiger partial charge in [-0.05, 0) is 170 Å². The van der Waals surface area contributed by atoms with Crippen molar-refractivity contribution >= 4 is 34.1 Å². The molecule has 2 aliphatic heterocycles. The van der Waals surface area contributed by atoms with Crippen molar-refractivity contribution in [2.45, 2.75) is 75.0 Å². The van der Waals surface area contributed by atoms with Gasteiger partial charge in [-0.25, -0.2) is 0 Å². The third-order valence-corrected chi connectivity index (χ3v) is 17.8. The second-order valence-electron chi connectivity index (χ2n) is 20.1. The Morgan fingerprint density at radius 3 is 0.810 bits per heavy atom. The molecule has 0 atom stereocenters. The highest BCUT2D eigenvalue weighted by atomic mass is 15.2. The molecule has 8 fully saturated rings. The van der Waals surface area contributed by atoms with Crippen molar-refractivity contribution in [2.75, 3.05) is 9.80 Å². The van der Waals surface area contributed by atoms with E-state index in [4.69, 9.17) is 0 Å². The van der Waals surface area contributed by atoms with Gasteiger partial charge in [0.15, 0.2) is 0 Å². The number of rotatable bonds is 3. The predicted molar refractivity (Wildman–Crippen MR) is 237 cm³/mol. The maximum atomic E-state index is 2.66. The number of benzene rings is 6. The Morgan fingerprint density at radius 2 is 0.517 bits per heavy atom. The van der Waals surface area contributed by atoms with Crippen LogP contribution < -0.4 is 9.80 Å². The molecule has 16 rings (SSSR count). The van der Waals surface area contributed by atoms with Crippen LogP contribution in [0.4, 0.5) is 34.1 Å². The molecule has 2 heterocycles. The summed E-state index contributed by atoms with van der Waals surface area (Å²) in [5.41, 5.74) is 17.1. The molecule has 58 heavy (non-hydrogen) atoms. The average Bonchev–Trinajstić information content (AvgIpc) is 3.26. The van der Waals surface area contributed by atoms with Gasteiger partial charge in [0.25, 0.3) is 0 Å². The highest BCUT2D eigenvalue weighted by molar-refractivity contribution is 5.99. The summed E-state index contributed by atoms with van der Waals surface area (Å²) in [5.74, 6) is 6.58. The van der Waals surface area contributed by atoms with Gasteiger partial charge >= 0.3 is 0 Å². The summed E-state index contributed by atoms with van der Waals surface area (Å²) in [6.45, 7) is 0. The van der Waals surface area contributed by atoms with Gasteiger partial charge in [-0.2, -0.15) is 0 Å². The molecule has 8 aliphatic carbocycles. The number of fused-ring (bicyclic) bond motifs is 4. The molecule has 0 saturated heterocycles. The number of hydrogen-bond acceptors (Lipinski definition) is 2. The molecule has 0 aromatic heterocycles. The minimum atomic E-state index is 0.0963. The Bertz CT molecular complexity index is 2310. The smallest absolute Gasteiger partial charge is 0.0541 e. The van der Waals surface area contributed by atoms with Gasteiger partial charge in [0, 0.05) is 22.0 Å². The normalized spacial score (nSPS) is 30.6. The molecule has 0 unspecified atom stereocenters. The standard InChI is InChI=1S/C56H52N2/c1-7-19-49(57-51-21-9-3-15-45(51)55(46-16-4-10-22-52(46)57)39-27-35-25-36(29-39)30-40(55)28-35)43(13-1)44-14-2-8-20-50(44)58-53-23-11-5-17-47(53)56(48-18-6-12-24-54(48)58)41-31-37-26-38(33-41)34-42(56)32-37/h1-24,35-42H,25-34H2. The zero-order chi connectivity index (χ0) is 37.7. The van der Waals surface area contributed by atoms with E-state index >= 15 is 0 Å². The lowest BCUT2D eigenvalue weighted by molar-refractivity contribution is -0.0419. The van der Waals surface area contributed by atoms with Gasteiger partial charge in [0.05, 0.1) is 34.1 Å². The third-order valence-electron chi connectivity index (χ3n) is 17.8. The molecule has 2 spiro atoms. The van der Waals surface area contributed by atoms with Crippen molar-refractivity contribution in [2.24, 2.45) is 47.3 Å². The van der Waals surface area contributed by atoms with Crippen LogP contribution in [-0.4, -0.2) is 0 Å². The first-order chi connectivity index (χ1) is 28.7. The van der Waals surface area contributed by atoms with Crippen LogP contribution in [0.25, 0.3) is 11.1 Å². The SMILES string of the molecule is c1ccc(N2c3ccccc3C3(c4ccccc42)C2CC4CC(C2)CC3C4)c(-c2ccccc2N2c3ccccc3C3(c4ccccc42)C2CC4CC(C2)CC3C4)c1. The first kappa shape index (κ1) is 32.8. The zero-order valence-electron chi connectivity index (χ0n) is 33.4. The average molecular weight is 753 g/mol. The van der Waals surface area contributed by atoms with Gasteiger partial charge in [-0.15, -0.1) is 0 Å². The Morgan fingerprint density at radius 1 is 0.276 bits per heavy atom. The second kappa shape index (κ2) is 11.8. The van der Waals surface area contributed by atoms with Gasteiger partial charge in [0.2, 0.25) is 0 Å². The van der Waals surface area contributed by atoms with Crippen molar-refractivity contribution in [3.63, 3.8) is 0 Å². The summed E-state index contributed by atoms with van der Waals surface area (Å²) in [7, 11) is 0. The number of para-hydroxylation sites is 6. The van der Waals surface area contributed by atoms with Gasteiger partial charge < -0.3 is 9.80 Å². The minimum Gasteiger partial charge on any atom is -0.309 e. The minimum absolute atomic E-state index is 0.0963. The van der Waals surface area contributed by atoms with Crippen LogP contribution in [-0.2, 0) is 10.8 Å². The Labute approximate surface area is 343 Å². The van der Waals surface area contributed by atoms with Gasteiger partial charge in [0.1, 0.15) is 0 Å². The molecule has 2 nitrogen and oxygen atoms in total. The zero-order valence-corrected chi connectivity index (χ0v) is 33.4. The molecule has 0 radical (unpaired) electrons. The van der Waals surface area contributed by atoms with E-state index in [0.717, 1.165) is 47.3 Å². The highest BCUT2D eigenvalue weighted by Gasteiger charge is 2.63. The molecule has 6 aromatic carbocycles. The van der Waals surface area contributed by atoms with E-state index in [2.05, 4.69) is 155 Å².